The van der Waals surface area contributed by atoms with Crippen molar-refractivity contribution in [1.82, 2.24) is 4.57 Å². The molecular formula is C17H15N3O4S. The molecule has 0 spiro atoms. The molecular weight excluding hydrogens is 342 g/mol. The van der Waals surface area contributed by atoms with Gasteiger partial charge in [0.2, 0.25) is 0 Å². The number of para-hydroxylation sites is 1. The molecule has 8 heteroatoms. The Bertz CT molecular complexity index is 1040. The SMILES string of the molecule is CCn1c(=NC(=O)c2cccc([N+](=O)[O-])c2)sc2cccc(OC)c21. The molecule has 0 aliphatic carbocycles. The van der Waals surface area contributed by atoms with E-state index < -0.39 is 10.8 Å². The number of benzene rings is 2. The van der Waals surface area contributed by atoms with Crippen LogP contribution in [0.3, 0.4) is 0 Å². The smallest absolute Gasteiger partial charge is 0.279 e. The van der Waals surface area contributed by atoms with Crippen LogP contribution in [0.15, 0.2) is 47.5 Å². The van der Waals surface area contributed by atoms with Crippen LogP contribution in [0.2, 0.25) is 0 Å². The average Bonchev–Trinajstić information content (AvgIpc) is 2.98. The lowest BCUT2D eigenvalue weighted by atomic mass is 10.2. The van der Waals surface area contributed by atoms with Gasteiger partial charge in [0, 0.05) is 24.2 Å². The largest absolute Gasteiger partial charge is 0.495 e. The standard InChI is InChI=1S/C17H15N3O4S/c1-3-19-15-13(24-2)8-5-9-14(15)25-17(19)18-16(21)11-6-4-7-12(10-11)20(22)23/h4-10H,3H2,1-2H3. The molecule has 0 fully saturated rings. The van der Waals surface area contributed by atoms with Gasteiger partial charge in [0.25, 0.3) is 11.6 Å². The van der Waals surface area contributed by atoms with Gasteiger partial charge in [-0.2, -0.15) is 4.99 Å². The van der Waals surface area contributed by atoms with Gasteiger partial charge in [0.05, 0.1) is 16.7 Å². The molecule has 0 N–H and O–H groups in total. The first-order chi connectivity index (χ1) is 12.0. The number of nitro groups is 1. The van der Waals surface area contributed by atoms with Crippen LogP contribution in [0.25, 0.3) is 10.2 Å². The van der Waals surface area contributed by atoms with Gasteiger partial charge in [-0.1, -0.05) is 23.5 Å². The lowest BCUT2D eigenvalue weighted by Gasteiger charge is -2.05. The molecule has 0 unspecified atom stereocenters. The van der Waals surface area contributed by atoms with E-state index in [-0.39, 0.29) is 11.3 Å². The quantitative estimate of drug-likeness (QED) is 0.529. The van der Waals surface area contributed by atoms with Crippen molar-refractivity contribution in [3.05, 3.63) is 62.9 Å². The fourth-order valence-corrected chi connectivity index (χ4v) is 3.65. The maximum atomic E-state index is 12.5. The molecule has 0 radical (unpaired) electrons. The van der Waals surface area contributed by atoms with Crippen LogP contribution in [-0.4, -0.2) is 22.5 Å². The molecule has 7 nitrogen and oxygen atoms in total. The summed E-state index contributed by atoms with van der Waals surface area (Å²) >= 11 is 1.37. The van der Waals surface area contributed by atoms with Crippen molar-refractivity contribution in [2.75, 3.05) is 7.11 Å². The van der Waals surface area contributed by atoms with E-state index >= 15 is 0 Å². The predicted octanol–water partition coefficient (Wildman–Crippen LogP) is 3.38. The number of amides is 1. The van der Waals surface area contributed by atoms with Gasteiger partial charge in [-0.15, -0.1) is 0 Å². The monoisotopic (exact) mass is 357 g/mol. The normalized spacial score (nSPS) is 11.7. The van der Waals surface area contributed by atoms with Crippen LogP contribution in [0.4, 0.5) is 5.69 Å². The van der Waals surface area contributed by atoms with Crippen LogP contribution in [0.5, 0.6) is 5.75 Å². The van der Waals surface area contributed by atoms with Crippen molar-refractivity contribution in [1.29, 1.82) is 0 Å². The highest BCUT2D eigenvalue weighted by Gasteiger charge is 2.14. The van der Waals surface area contributed by atoms with E-state index in [1.165, 1.54) is 35.6 Å². The fourth-order valence-electron chi connectivity index (χ4n) is 2.54. The van der Waals surface area contributed by atoms with Crippen LogP contribution < -0.4 is 9.54 Å². The third-order valence-electron chi connectivity index (χ3n) is 3.70. The summed E-state index contributed by atoms with van der Waals surface area (Å²) in [5, 5.41) is 10.9. The highest BCUT2D eigenvalue weighted by atomic mass is 32.1. The zero-order valence-electron chi connectivity index (χ0n) is 13.6. The lowest BCUT2D eigenvalue weighted by Crippen LogP contribution is -2.16. The number of aromatic nitrogens is 1. The Morgan fingerprint density at radius 2 is 2.08 bits per heavy atom. The minimum Gasteiger partial charge on any atom is -0.495 e. The minimum absolute atomic E-state index is 0.137. The Balaban J connectivity index is 2.14. The third kappa shape index (κ3) is 3.16. The fraction of sp³-hybridized carbons (Fsp3) is 0.176. The Morgan fingerprint density at radius 1 is 1.32 bits per heavy atom. The summed E-state index contributed by atoms with van der Waals surface area (Å²) in [4.78, 5) is 27.5. The maximum absolute atomic E-state index is 12.5. The number of hydrogen-bond donors (Lipinski definition) is 0. The lowest BCUT2D eigenvalue weighted by molar-refractivity contribution is -0.384. The van der Waals surface area contributed by atoms with Gasteiger partial charge in [-0.3, -0.25) is 14.9 Å². The van der Waals surface area contributed by atoms with E-state index in [1.54, 1.807) is 7.11 Å². The molecule has 1 amide bonds. The molecule has 0 bridgehead atoms. The first-order valence-electron chi connectivity index (χ1n) is 7.55. The van der Waals surface area contributed by atoms with E-state index in [0.29, 0.717) is 17.1 Å². The van der Waals surface area contributed by atoms with Crippen LogP contribution in [-0.2, 0) is 6.54 Å². The molecule has 25 heavy (non-hydrogen) atoms. The number of thiazole rings is 1. The minimum atomic E-state index is -0.534. The molecule has 1 aromatic heterocycles. The first kappa shape index (κ1) is 16.8. The molecule has 0 saturated heterocycles. The number of non-ortho nitro benzene ring substituents is 1. The Hall–Kier alpha value is -3.00. The third-order valence-corrected chi connectivity index (χ3v) is 4.74. The first-order valence-corrected chi connectivity index (χ1v) is 8.36. The summed E-state index contributed by atoms with van der Waals surface area (Å²) in [6.07, 6.45) is 0. The molecule has 128 valence electrons. The van der Waals surface area contributed by atoms with Gasteiger partial charge in [-0.25, -0.2) is 0 Å². The van der Waals surface area contributed by atoms with Crippen LogP contribution >= 0.6 is 11.3 Å². The van der Waals surface area contributed by atoms with E-state index in [1.807, 2.05) is 29.7 Å². The average molecular weight is 357 g/mol. The summed E-state index contributed by atoms with van der Waals surface area (Å²) in [6, 6.07) is 11.2. The van der Waals surface area contributed by atoms with Crippen molar-refractivity contribution in [3.63, 3.8) is 0 Å². The predicted molar refractivity (Wildman–Crippen MR) is 95.0 cm³/mol. The second kappa shape index (κ2) is 6.86. The summed E-state index contributed by atoms with van der Waals surface area (Å²) in [6.45, 7) is 2.57. The van der Waals surface area contributed by atoms with Crippen molar-refractivity contribution >= 4 is 33.1 Å². The molecule has 3 aromatic rings. The molecule has 1 heterocycles. The van der Waals surface area contributed by atoms with Gasteiger partial charge < -0.3 is 9.30 Å². The molecule has 3 rings (SSSR count). The van der Waals surface area contributed by atoms with Crippen LogP contribution in [0.1, 0.15) is 17.3 Å². The van der Waals surface area contributed by atoms with Gasteiger partial charge in [0.15, 0.2) is 4.80 Å². The van der Waals surface area contributed by atoms with Crippen molar-refractivity contribution in [3.8, 4) is 5.75 Å². The number of rotatable bonds is 4. The zero-order chi connectivity index (χ0) is 18.0. The second-order valence-corrected chi connectivity index (χ2v) is 6.17. The summed E-state index contributed by atoms with van der Waals surface area (Å²) < 4.78 is 8.25. The number of hydrogen-bond acceptors (Lipinski definition) is 5. The van der Waals surface area contributed by atoms with Crippen molar-refractivity contribution in [2.24, 2.45) is 4.99 Å². The van der Waals surface area contributed by atoms with E-state index in [9.17, 15) is 14.9 Å². The Morgan fingerprint density at radius 3 is 2.76 bits per heavy atom. The summed E-state index contributed by atoms with van der Waals surface area (Å²) in [5.41, 5.74) is 0.923. The highest BCUT2D eigenvalue weighted by molar-refractivity contribution is 7.16. The topological polar surface area (TPSA) is 86.7 Å². The van der Waals surface area contributed by atoms with E-state index in [2.05, 4.69) is 4.99 Å². The van der Waals surface area contributed by atoms with Gasteiger partial charge >= 0.3 is 0 Å². The zero-order valence-corrected chi connectivity index (χ0v) is 14.4. The number of nitro benzene ring substituents is 1. The summed E-state index contributed by atoms with van der Waals surface area (Å²) in [5.74, 6) is 0.191. The molecule has 0 aliphatic rings. The molecule has 0 atom stereocenters. The molecule has 0 aliphatic heterocycles. The van der Waals surface area contributed by atoms with Gasteiger partial charge in [-0.05, 0) is 25.1 Å². The Labute approximate surface area is 147 Å². The number of nitrogens with zero attached hydrogens (tertiary/aromatic N) is 3. The number of carbonyl (C=O) groups excluding carboxylic acids is 1. The number of ether oxygens (including phenoxy) is 1. The summed E-state index contributed by atoms with van der Waals surface area (Å²) in [7, 11) is 1.59. The van der Waals surface area contributed by atoms with E-state index in [0.717, 1.165) is 10.2 Å². The number of carbonyl (C=O) groups is 1. The van der Waals surface area contributed by atoms with Crippen molar-refractivity contribution < 1.29 is 14.5 Å². The highest BCUT2D eigenvalue weighted by Crippen LogP contribution is 2.27. The second-order valence-electron chi connectivity index (χ2n) is 5.16. The number of methoxy groups -OCH3 is 1. The van der Waals surface area contributed by atoms with E-state index in [4.69, 9.17) is 4.74 Å². The van der Waals surface area contributed by atoms with Crippen molar-refractivity contribution in [2.45, 2.75) is 13.5 Å². The number of aryl methyl sites for hydroxylation is 1. The van der Waals surface area contributed by atoms with Crippen LogP contribution in [0, 0.1) is 10.1 Å². The Kier molecular flexibility index (Phi) is 4.62. The molecule has 0 saturated carbocycles. The number of fused-ring (bicyclic) bond motifs is 1. The maximum Gasteiger partial charge on any atom is 0.279 e. The molecule has 2 aromatic carbocycles. The van der Waals surface area contributed by atoms with Gasteiger partial charge in [0.1, 0.15) is 11.3 Å².